The molecular weight excluding hydrogens is 279 g/mol. The Bertz CT molecular complexity index is 530. The molecule has 3 N–H and O–H groups in total. The van der Waals surface area contributed by atoms with Crippen molar-refractivity contribution in [3.05, 3.63) is 17.9 Å². The van der Waals surface area contributed by atoms with Gasteiger partial charge in [-0.05, 0) is 12.8 Å². The number of benzene rings is 1. The molecular formula is C14H19FN2O4. The molecule has 1 saturated heterocycles. The van der Waals surface area contributed by atoms with Crippen LogP contribution in [0.25, 0.3) is 0 Å². The van der Waals surface area contributed by atoms with Crippen LogP contribution in [0.15, 0.2) is 12.1 Å². The molecule has 0 spiro atoms. The van der Waals surface area contributed by atoms with Crippen LogP contribution in [0.1, 0.15) is 12.8 Å². The van der Waals surface area contributed by atoms with Crippen LogP contribution in [0.4, 0.5) is 10.1 Å². The Kier molecular flexibility index (Phi) is 4.64. The summed E-state index contributed by atoms with van der Waals surface area (Å²) in [6.45, 7) is 0.830. The van der Waals surface area contributed by atoms with Gasteiger partial charge < -0.3 is 25.3 Å². The maximum absolute atomic E-state index is 14.0. The van der Waals surface area contributed by atoms with Gasteiger partial charge in [0.05, 0.1) is 19.9 Å². The van der Waals surface area contributed by atoms with Crippen LogP contribution in [0, 0.1) is 5.82 Å². The molecule has 1 aliphatic heterocycles. The molecule has 0 aliphatic carbocycles. The van der Waals surface area contributed by atoms with Crippen molar-refractivity contribution in [3.8, 4) is 11.5 Å². The van der Waals surface area contributed by atoms with Crippen molar-refractivity contribution in [1.29, 1.82) is 0 Å². The molecule has 0 bridgehead atoms. The van der Waals surface area contributed by atoms with E-state index in [1.54, 1.807) is 0 Å². The van der Waals surface area contributed by atoms with Crippen LogP contribution in [0.2, 0.25) is 0 Å². The second kappa shape index (κ2) is 6.28. The highest BCUT2D eigenvalue weighted by Gasteiger charge is 2.36. The highest BCUT2D eigenvalue weighted by atomic mass is 19.1. The van der Waals surface area contributed by atoms with E-state index >= 15 is 0 Å². The van der Waals surface area contributed by atoms with Crippen molar-refractivity contribution in [2.45, 2.75) is 18.4 Å². The monoisotopic (exact) mass is 298 g/mol. The lowest BCUT2D eigenvalue weighted by Crippen LogP contribution is -2.54. The molecule has 0 saturated carbocycles. The topological polar surface area (TPSA) is 82.8 Å². The number of rotatable bonds is 4. The van der Waals surface area contributed by atoms with Crippen LogP contribution in [0.3, 0.4) is 0 Å². The number of halogens is 1. The Morgan fingerprint density at radius 2 is 1.86 bits per heavy atom. The quantitative estimate of drug-likeness (QED) is 0.875. The number of carbonyl (C=O) groups excluding carboxylic acids is 1. The van der Waals surface area contributed by atoms with Crippen molar-refractivity contribution in [3.63, 3.8) is 0 Å². The summed E-state index contributed by atoms with van der Waals surface area (Å²) in [6.07, 6.45) is 0.793. The van der Waals surface area contributed by atoms with Crippen LogP contribution in [-0.4, -0.2) is 38.9 Å². The third kappa shape index (κ3) is 3.25. The summed E-state index contributed by atoms with van der Waals surface area (Å²) in [7, 11) is 2.84. The molecule has 1 amide bonds. The fourth-order valence-electron chi connectivity index (χ4n) is 2.16. The number of anilines is 1. The van der Waals surface area contributed by atoms with Gasteiger partial charge in [0.2, 0.25) is 5.91 Å². The first-order chi connectivity index (χ1) is 10.00. The Morgan fingerprint density at radius 1 is 1.29 bits per heavy atom. The summed E-state index contributed by atoms with van der Waals surface area (Å²) in [5.41, 5.74) is 5.02. The Labute approximate surface area is 122 Å². The molecule has 0 atom stereocenters. The van der Waals surface area contributed by atoms with Gasteiger partial charge in [-0.25, -0.2) is 4.39 Å². The fraction of sp³-hybridized carbons (Fsp3) is 0.500. The Morgan fingerprint density at radius 3 is 2.43 bits per heavy atom. The normalized spacial score (nSPS) is 17.1. The van der Waals surface area contributed by atoms with Gasteiger partial charge in [-0.3, -0.25) is 4.79 Å². The van der Waals surface area contributed by atoms with E-state index in [0.717, 1.165) is 6.07 Å². The lowest BCUT2D eigenvalue weighted by Gasteiger charge is -2.31. The molecule has 1 fully saturated rings. The molecule has 21 heavy (non-hydrogen) atoms. The molecule has 116 valence electrons. The maximum atomic E-state index is 14.0. The maximum Gasteiger partial charge on any atom is 0.244 e. The molecule has 1 aliphatic rings. The van der Waals surface area contributed by atoms with Crippen molar-refractivity contribution in [2.75, 3.05) is 32.8 Å². The number of amides is 1. The molecule has 0 aromatic heterocycles. The fourth-order valence-corrected chi connectivity index (χ4v) is 2.16. The molecule has 1 aromatic carbocycles. The van der Waals surface area contributed by atoms with E-state index in [1.165, 1.54) is 20.3 Å². The van der Waals surface area contributed by atoms with Gasteiger partial charge in [0.15, 0.2) is 17.3 Å². The average molecular weight is 298 g/mol. The molecule has 0 unspecified atom stereocenters. The Balaban J connectivity index is 2.20. The van der Waals surface area contributed by atoms with Gasteiger partial charge in [0.1, 0.15) is 5.54 Å². The minimum Gasteiger partial charge on any atom is -0.493 e. The van der Waals surface area contributed by atoms with E-state index in [9.17, 15) is 9.18 Å². The van der Waals surface area contributed by atoms with Gasteiger partial charge in [-0.2, -0.15) is 0 Å². The largest absolute Gasteiger partial charge is 0.493 e. The van der Waals surface area contributed by atoms with Gasteiger partial charge in [0, 0.05) is 25.3 Å². The highest BCUT2D eigenvalue weighted by molar-refractivity contribution is 5.98. The molecule has 0 radical (unpaired) electrons. The molecule has 1 heterocycles. The molecule has 2 rings (SSSR count). The number of carbonyl (C=O) groups is 1. The standard InChI is InChI=1S/C14H19FN2O4/c1-19-11-7-9(15)10(8-12(11)20-2)17-13(18)14(16)3-5-21-6-4-14/h7-8H,3-6,16H2,1-2H3,(H,17,18). The summed E-state index contributed by atoms with van der Waals surface area (Å²) < 4.78 is 29.3. The second-order valence-corrected chi connectivity index (χ2v) is 4.91. The molecule has 6 nitrogen and oxygen atoms in total. The van der Waals surface area contributed by atoms with Crippen molar-refractivity contribution < 1.29 is 23.4 Å². The third-order valence-electron chi connectivity index (χ3n) is 3.56. The zero-order valence-corrected chi connectivity index (χ0v) is 12.1. The van der Waals surface area contributed by atoms with Crippen molar-refractivity contribution in [1.82, 2.24) is 0 Å². The average Bonchev–Trinajstić information content (AvgIpc) is 2.49. The molecule has 7 heteroatoms. The predicted molar refractivity (Wildman–Crippen MR) is 75.1 cm³/mol. The number of nitrogens with one attached hydrogen (secondary N) is 1. The zero-order chi connectivity index (χ0) is 15.5. The van der Waals surface area contributed by atoms with E-state index in [4.69, 9.17) is 19.9 Å². The Hall–Kier alpha value is -1.86. The predicted octanol–water partition coefficient (Wildman–Crippen LogP) is 1.29. The number of nitrogens with two attached hydrogens (primary N) is 1. The zero-order valence-electron chi connectivity index (χ0n) is 12.1. The van der Waals surface area contributed by atoms with Crippen molar-refractivity contribution >= 4 is 11.6 Å². The third-order valence-corrected chi connectivity index (χ3v) is 3.56. The van der Waals surface area contributed by atoms with E-state index in [2.05, 4.69) is 5.32 Å². The summed E-state index contributed by atoms with van der Waals surface area (Å²) in [4.78, 5) is 12.3. The van der Waals surface area contributed by atoms with Crippen molar-refractivity contribution in [2.24, 2.45) is 5.73 Å². The van der Waals surface area contributed by atoms with Crippen LogP contribution in [-0.2, 0) is 9.53 Å². The smallest absolute Gasteiger partial charge is 0.244 e. The summed E-state index contributed by atoms with van der Waals surface area (Å²) >= 11 is 0. The van der Waals surface area contributed by atoms with Gasteiger partial charge in [-0.15, -0.1) is 0 Å². The SMILES string of the molecule is COc1cc(F)c(NC(=O)C2(N)CCOCC2)cc1OC. The summed E-state index contributed by atoms with van der Waals surface area (Å²) in [5, 5.41) is 2.52. The number of methoxy groups -OCH3 is 2. The highest BCUT2D eigenvalue weighted by Crippen LogP contribution is 2.33. The lowest BCUT2D eigenvalue weighted by molar-refractivity contribution is -0.124. The first-order valence-corrected chi connectivity index (χ1v) is 6.60. The summed E-state index contributed by atoms with van der Waals surface area (Å²) in [5.74, 6) is -0.470. The van der Waals surface area contributed by atoms with Crippen LogP contribution >= 0.6 is 0 Å². The summed E-state index contributed by atoms with van der Waals surface area (Å²) in [6, 6.07) is 2.52. The lowest BCUT2D eigenvalue weighted by atomic mass is 9.90. The van der Waals surface area contributed by atoms with E-state index in [-0.39, 0.29) is 11.4 Å². The van der Waals surface area contributed by atoms with Crippen LogP contribution in [0.5, 0.6) is 11.5 Å². The minimum atomic E-state index is -1.04. The number of ether oxygens (including phenoxy) is 3. The van der Waals surface area contributed by atoms with Gasteiger partial charge >= 0.3 is 0 Å². The molecule has 1 aromatic rings. The van der Waals surface area contributed by atoms with E-state index in [1.807, 2.05) is 0 Å². The second-order valence-electron chi connectivity index (χ2n) is 4.91. The number of hydrogen-bond acceptors (Lipinski definition) is 5. The number of hydrogen-bond donors (Lipinski definition) is 2. The first kappa shape index (κ1) is 15.5. The first-order valence-electron chi connectivity index (χ1n) is 6.60. The van der Waals surface area contributed by atoms with E-state index in [0.29, 0.717) is 31.8 Å². The van der Waals surface area contributed by atoms with Gasteiger partial charge in [-0.1, -0.05) is 0 Å². The van der Waals surface area contributed by atoms with Gasteiger partial charge in [0.25, 0.3) is 0 Å². The van der Waals surface area contributed by atoms with E-state index < -0.39 is 17.3 Å². The minimum absolute atomic E-state index is 0.00830. The van der Waals surface area contributed by atoms with Crippen LogP contribution < -0.4 is 20.5 Å².